The summed E-state index contributed by atoms with van der Waals surface area (Å²) in [5.74, 6) is -0.182. The topological polar surface area (TPSA) is 38.3 Å². The van der Waals surface area contributed by atoms with Crippen LogP contribution in [0.4, 0.5) is 0 Å². The Morgan fingerprint density at radius 1 is 1.57 bits per heavy atom. The van der Waals surface area contributed by atoms with Gasteiger partial charge in [0.25, 0.3) is 0 Å². The Labute approximate surface area is 86.5 Å². The van der Waals surface area contributed by atoms with Crippen LogP contribution in [0.15, 0.2) is 12.7 Å². The van der Waals surface area contributed by atoms with Gasteiger partial charge in [0.1, 0.15) is 6.04 Å². The minimum absolute atomic E-state index is 0.182. The summed E-state index contributed by atoms with van der Waals surface area (Å²) in [6, 6.07) is 0.0853. The van der Waals surface area contributed by atoms with Crippen molar-refractivity contribution in [1.29, 1.82) is 0 Å². The van der Waals surface area contributed by atoms with Crippen molar-refractivity contribution >= 4 is 5.97 Å². The van der Waals surface area contributed by atoms with E-state index in [9.17, 15) is 4.79 Å². The lowest BCUT2D eigenvalue weighted by Crippen LogP contribution is -2.40. The van der Waals surface area contributed by atoms with Crippen LogP contribution in [0, 0.1) is 0 Å². The van der Waals surface area contributed by atoms with Gasteiger partial charge in [-0.15, -0.1) is 6.58 Å². The lowest BCUT2D eigenvalue weighted by atomic mass is 10.1. The molecule has 0 aliphatic carbocycles. The van der Waals surface area contributed by atoms with Gasteiger partial charge in [0.2, 0.25) is 0 Å². The summed E-state index contributed by atoms with van der Waals surface area (Å²) < 4.78 is 4.89. The number of esters is 1. The van der Waals surface area contributed by atoms with Gasteiger partial charge in [-0.25, -0.2) is 0 Å². The van der Waals surface area contributed by atoms with Crippen molar-refractivity contribution in [2.24, 2.45) is 0 Å². The molecule has 0 heterocycles. The minimum Gasteiger partial charge on any atom is -0.465 e. The molecule has 3 heteroatoms. The Morgan fingerprint density at radius 2 is 2.21 bits per heavy atom. The molecule has 14 heavy (non-hydrogen) atoms. The largest absolute Gasteiger partial charge is 0.465 e. The van der Waals surface area contributed by atoms with Crippen molar-refractivity contribution in [3.05, 3.63) is 12.7 Å². The van der Waals surface area contributed by atoms with E-state index in [0.29, 0.717) is 12.6 Å². The van der Waals surface area contributed by atoms with Gasteiger partial charge in [-0.1, -0.05) is 6.08 Å². The third-order valence-electron chi connectivity index (χ3n) is 1.98. The summed E-state index contributed by atoms with van der Waals surface area (Å²) in [6.07, 6.45) is 3.84. The van der Waals surface area contributed by atoms with E-state index in [2.05, 4.69) is 18.8 Å². The molecule has 0 aliphatic heterocycles. The minimum atomic E-state index is -0.227. The van der Waals surface area contributed by atoms with E-state index in [0.717, 1.165) is 12.8 Å². The zero-order valence-electron chi connectivity index (χ0n) is 9.38. The normalized spacial score (nSPS) is 14.5. The van der Waals surface area contributed by atoms with Crippen LogP contribution >= 0.6 is 0 Å². The van der Waals surface area contributed by atoms with Gasteiger partial charge in [0.05, 0.1) is 6.61 Å². The molecular weight excluding hydrogens is 178 g/mol. The average Bonchev–Trinajstić information content (AvgIpc) is 2.15. The van der Waals surface area contributed by atoms with Gasteiger partial charge in [-0.2, -0.15) is 0 Å². The van der Waals surface area contributed by atoms with Crippen molar-refractivity contribution < 1.29 is 9.53 Å². The second kappa shape index (κ2) is 7.56. The van der Waals surface area contributed by atoms with Crippen molar-refractivity contribution in [3.8, 4) is 0 Å². The molecule has 0 aromatic heterocycles. The second-order valence-electron chi connectivity index (χ2n) is 3.41. The Balaban J connectivity index is 3.74. The molecule has 2 atom stereocenters. The highest BCUT2D eigenvalue weighted by atomic mass is 16.5. The molecule has 0 spiro atoms. The number of rotatable bonds is 7. The van der Waals surface area contributed by atoms with E-state index < -0.39 is 0 Å². The predicted octanol–water partition coefficient (Wildman–Crippen LogP) is 1.88. The molecule has 0 rings (SSSR count). The van der Waals surface area contributed by atoms with E-state index in [1.165, 1.54) is 0 Å². The molecule has 0 saturated heterocycles. The van der Waals surface area contributed by atoms with Crippen LogP contribution in [0.2, 0.25) is 0 Å². The van der Waals surface area contributed by atoms with Crippen molar-refractivity contribution in [3.63, 3.8) is 0 Å². The van der Waals surface area contributed by atoms with Crippen LogP contribution in [-0.2, 0) is 9.53 Å². The fraction of sp³-hybridized carbons (Fsp3) is 0.727. The quantitative estimate of drug-likeness (QED) is 0.502. The fourth-order valence-corrected chi connectivity index (χ4v) is 1.21. The summed E-state index contributed by atoms with van der Waals surface area (Å²) >= 11 is 0. The van der Waals surface area contributed by atoms with Gasteiger partial charge in [-0.05, 0) is 33.6 Å². The summed E-state index contributed by atoms with van der Waals surface area (Å²) in [5.41, 5.74) is 0. The molecule has 0 radical (unpaired) electrons. The third kappa shape index (κ3) is 5.75. The van der Waals surface area contributed by atoms with E-state index >= 15 is 0 Å². The summed E-state index contributed by atoms with van der Waals surface area (Å²) in [5, 5.41) is 3.18. The van der Waals surface area contributed by atoms with E-state index in [1.54, 1.807) is 0 Å². The molecule has 0 amide bonds. The van der Waals surface area contributed by atoms with Crippen molar-refractivity contribution in [2.75, 3.05) is 6.61 Å². The predicted molar refractivity (Wildman–Crippen MR) is 58.1 cm³/mol. The summed E-state index contributed by atoms with van der Waals surface area (Å²) in [7, 11) is 0. The molecular formula is C11H21NO2. The van der Waals surface area contributed by atoms with Crippen molar-refractivity contribution in [1.82, 2.24) is 5.32 Å². The number of nitrogens with one attached hydrogen (secondary N) is 1. The molecule has 3 nitrogen and oxygen atoms in total. The molecule has 2 unspecified atom stereocenters. The van der Waals surface area contributed by atoms with Crippen LogP contribution in [0.5, 0.6) is 0 Å². The molecule has 0 fully saturated rings. The Hall–Kier alpha value is -0.830. The van der Waals surface area contributed by atoms with E-state index in [1.807, 2.05) is 19.9 Å². The molecule has 0 aliphatic rings. The Bertz CT molecular complexity index is 180. The number of ether oxygens (including phenoxy) is 1. The standard InChI is InChI=1S/C11H21NO2/c1-5-7-8-9(3)12-10(4)11(13)14-6-2/h5,9-10,12H,1,6-8H2,2-4H3. The van der Waals surface area contributed by atoms with Crippen LogP contribution in [-0.4, -0.2) is 24.7 Å². The summed E-state index contributed by atoms with van der Waals surface area (Å²) in [6.45, 7) is 9.78. The third-order valence-corrected chi connectivity index (χ3v) is 1.98. The second-order valence-corrected chi connectivity index (χ2v) is 3.41. The van der Waals surface area contributed by atoms with Gasteiger partial charge in [-0.3, -0.25) is 4.79 Å². The first-order valence-electron chi connectivity index (χ1n) is 5.15. The molecule has 0 aromatic carbocycles. The highest BCUT2D eigenvalue weighted by Gasteiger charge is 2.15. The summed E-state index contributed by atoms with van der Waals surface area (Å²) in [4.78, 5) is 11.2. The first kappa shape index (κ1) is 13.2. The zero-order valence-corrected chi connectivity index (χ0v) is 9.38. The Kier molecular flexibility index (Phi) is 7.11. The number of hydrogen-bond acceptors (Lipinski definition) is 3. The van der Waals surface area contributed by atoms with Gasteiger partial charge in [0, 0.05) is 6.04 Å². The van der Waals surface area contributed by atoms with Crippen molar-refractivity contribution in [2.45, 2.75) is 45.7 Å². The highest BCUT2D eigenvalue weighted by Crippen LogP contribution is 1.99. The lowest BCUT2D eigenvalue weighted by Gasteiger charge is -2.18. The van der Waals surface area contributed by atoms with E-state index in [4.69, 9.17) is 4.74 Å². The number of hydrogen-bond donors (Lipinski definition) is 1. The van der Waals surface area contributed by atoms with Gasteiger partial charge < -0.3 is 10.1 Å². The number of allylic oxidation sites excluding steroid dienone is 1. The van der Waals surface area contributed by atoms with Gasteiger partial charge >= 0.3 is 5.97 Å². The molecule has 0 saturated carbocycles. The fourth-order valence-electron chi connectivity index (χ4n) is 1.21. The number of carbonyl (C=O) groups excluding carboxylic acids is 1. The molecule has 1 N–H and O–H groups in total. The first-order chi connectivity index (χ1) is 6.61. The Morgan fingerprint density at radius 3 is 2.71 bits per heavy atom. The van der Waals surface area contributed by atoms with Gasteiger partial charge in [0.15, 0.2) is 0 Å². The molecule has 82 valence electrons. The SMILES string of the molecule is C=CCCC(C)NC(C)C(=O)OCC. The maximum absolute atomic E-state index is 11.2. The van der Waals surface area contributed by atoms with Crippen LogP contribution < -0.4 is 5.32 Å². The first-order valence-corrected chi connectivity index (χ1v) is 5.15. The monoisotopic (exact) mass is 199 g/mol. The molecule has 0 aromatic rings. The van der Waals surface area contributed by atoms with Crippen LogP contribution in [0.1, 0.15) is 33.6 Å². The highest BCUT2D eigenvalue weighted by molar-refractivity contribution is 5.75. The maximum atomic E-state index is 11.2. The van der Waals surface area contributed by atoms with Crippen LogP contribution in [0.3, 0.4) is 0 Å². The zero-order chi connectivity index (χ0) is 11.0. The lowest BCUT2D eigenvalue weighted by molar-refractivity contribution is -0.145. The smallest absolute Gasteiger partial charge is 0.322 e. The average molecular weight is 199 g/mol. The number of carbonyl (C=O) groups is 1. The van der Waals surface area contributed by atoms with E-state index in [-0.39, 0.29) is 12.0 Å². The van der Waals surface area contributed by atoms with Crippen LogP contribution in [0.25, 0.3) is 0 Å². The maximum Gasteiger partial charge on any atom is 0.322 e. The molecule has 0 bridgehead atoms.